The number of hydrogen-bond donors (Lipinski definition) is 2. The predicted molar refractivity (Wildman–Crippen MR) is 72.2 cm³/mol. The van der Waals surface area contributed by atoms with Crippen LogP contribution in [0, 0.1) is 5.41 Å². The van der Waals surface area contributed by atoms with Gasteiger partial charge in [-0.2, -0.15) is 0 Å². The zero-order valence-corrected chi connectivity index (χ0v) is 10.7. The molecule has 0 fully saturated rings. The number of benzene rings is 1. The van der Waals surface area contributed by atoms with Crippen LogP contribution in [0.2, 0.25) is 0 Å². The van der Waals surface area contributed by atoms with Gasteiger partial charge in [0.1, 0.15) is 0 Å². The molecule has 2 aromatic rings. The van der Waals surface area contributed by atoms with Crippen molar-refractivity contribution in [2.45, 2.75) is 13.8 Å². The third kappa shape index (κ3) is 2.58. The van der Waals surface area contributed by atoms with Gasteiger partial charge >= 0.3 is 0 Å². The number of H-pyrrole nitrogens is 1. The van der Waals surface area contributed by atoms with E-state index in [-0.39, 0.29) is 5.41 Å². The van der Waals surface area contributed by atoms with Gasteiger partial charge in [-0.3, -0.25) is 0 Å². The molecule has 1 heterocycles. The normalized spacial score (nSPS) is 12.0. The van der Waals surface area contributed by atoms with E-state index in [1.54, 1.807) is 0 Å². The predicted octanol–water partition coefficient (Wildman–Crippen LogP) is 1.98. The van der Waals surface area contributed by atoms with Gasteiger partial charge < -0.3 is 15.6 Å². The van der Waals surface area contributed by atoms with Crippen LogP contribution in [0.1, 0.15) is 13.8 Å². The smallest absolute Gasteiger partial charge is 0.203 e. The van der Waals surface area contributed by atoms with E-state index in [4.69, 9.17) is 5.73 Å². The molecule has 0 aliphatic carbocycles. The SMILES string of the molecule is CN(CC(C)(C)CN)c1nc2ccccc2[nH]1. The summed E-state index contributed by atoms with van der Waals surface area (Å²) < 4.78 is 0. The quantitative estimate of drug-likeness (QED) is 0.847. The van der Waals surface area contributed by atoms with Gasteiger partial charge in [-0.1, -0.05) is 26.0 Å². The number of para-hydroxylation sites is 2. The van der Waals surface area contributed by atoms with E-state index in [0.29, 0.717) is 6.54 Å². The number of fused-ring (bicyclic) bond motifs is 1. The standard InChI is InChI=1S/C13H20N4/c1-13(2,8-14)9-17(3)12-15-10-6-4-5-7-11(10)16-12/h4-7H,8-9,14H2,1-3H3,(H,15,16). The zero-order valence-electron chi connectivity index (χ0n) is 10.7. The molecule has 0 saturated heterocycles. The highest BCUT2D eigenvalue weighted by molar-refractivity contribution is 5.77. The lowest BCUT2D eigenvalue weighted by molar-refractivity contribution is 0.383. The van der Waals surface area contributed by atoms with Crippen LogP contribution in [-0.4, -0.2) is 30.1 Å². The lowest BCUT2D eigenvalue weighted by atomic mass is 9.93. The lowest BCUT2D eigenvalue weighted by Crippen LogP contribution is -2.37. The van der Waals surface area contributed by atoms with Crippen LogP contribution in [0.3, 0.4) is 0 Å². The van der Waals surface area contributed by atoms with Crippen molar-refractivity contribution < 1.29 is 0 Å². The van der Waals surface area contributed by atoms with Crippen LogP contribution in [0.25, 0.3) is 11.0 Å². The third-order valence-electron chi connectivity index (χ3n) is 2.96. The Morgan fingerprint density at radius 1 is 1.35 bits per heavy atom. The molecule has 0 radical (unpaired) electrons. The Balaban J connectivity index is 2.22. The Bertz CT molecular complexity index is 468. The molecule has 0 spiro atoms. The molecule has 4 nitrogen and oxygen atoms in total. The first-order valence-electron chi connectivity index (χ1n) is 5.88. The Morgan fingerprint density at radius 2 is 2.06 bits per heavy atom. The molecule has 1 aromatic heterocycles. The van der Waals surface area contributed by atoms with Gasteiger partial charge in [0.25, 0.3) is 0 Å². The summed E-state index contributed by atoms with van der Waals surface area (Å²) in [5, 5.41) is 0. The maximum Gasteiger partial charge on any atom is 0.203 e. The number of nitrogens with zero attached hydrogens (tertiary/aromatic N) is 2. The van der Waals surface area contributed by atoms with Crippen molar-refractivity contribution in [3.8, 4) is 0 Å². The Kier molecular flexibility index (Phi) is 3.07. The molecule has 3 N–H and O–H groups in total. The fraction of sp³-hybridized carbons (Fsp3) is 0.462. The number of anilines is 1. The Morgan fingerprint density at radius 3 is 2.71 bits per heavy atom. The maximum atomic E-state index is 5.75. The molecule has 0 atom stereocenters. The summed E-state index contributed by atoms with van der Waals surface area (Å²) in [5.41, 5.74) is 7.91. The highest BCUT2D eigenvalue weighted by atomic mass is 15.2. The second-order valence-electron chi connectivity index (χ2n) is 5.30. The molecule has 0 unspecified atom stereocenters. The topological polar surface area (TPSA) is 57.9 Å². The van der Waals surface area contributed by atoms with Gasteiger partial charge in [0.05, 0.1) is 11.0 Å². The summed E-state index contributed by atoms with van der Waals surface area (Å²) in [7, 11) is 2.04. The van der Waals surface area contributed by atoms with Crippen LogP contribution in [0.15, 0.2) is 24.3 Å². The van der Waals surface area contributed by atoms with Gasteiger partial charge in [0, 0.05) is 13.6 Å². The molecular formula is C13H20N4. The first-order chi connectivity index (χ1) is 8.02. The third-order valence-corrected chi connectivity index (χ3v) is 2.96. The number of imidazole rings is 1. The van der Waals surface area contributed by atoms with E-state index >= 15 is 0 Å². The summed E-state index contributed by atoms with van der Waals surface area (Å²) >= 11 is 0. The van der Waals surface area contributed by atoms with Gasteiger partial charge in [0.15, 0.2) is 0 Å². The minimum absolute atomic E-state index is 0.0910. The van der Waals surface area contributed by atoms with Crippen molar-refractivity contribution in [1.82, 2.24) is 9.97 Å². The molecule has 1 aromatic carbocycles. The van der Waals surface area contributed by atoms with Gasteiger partial charge in [-0.15, -0.1) is 0 Å². The van der Waals surface area contributed by atoms with Crippen LogP contribution in [0.4, 0.5) is 5.95 Å². The molecule has 0 aliphatic rings. The molecule has 0 aliphatic heterocycles. The molecule has 2 rings (SSSR count). The number of aromatic nitrogens is 2. The fourth-order valence-electron chi connectivity index (χ4n) is 1.90. The van der Waals surface area contributed by atoms with Gasteiger partial charge in [0.2, 0.25) is 5.95 Å². The molecule has 17 heavy (non-hydrogen) atoms. The van der Waals surface area contributed by atoms with Gasteiger partial charge in [-0.05, 0) is 24.1 Å². The summed E-state index contributed by atoms with van der Waals surface area (Å²) in [6.45, 7) is 5.86. The Labute approximate surface area is 102 Å². The minimum Gasteiger partial charge on any atom is -0.345 e. The number of aromatic amines is 1. The minimum atomic E-state index is 0.0910. The summed E-state index contributed by atoms with van der Waals surface area (Å²) in [6.07, 6.45) is 0. The van der Waals surface area contributed by atoms with E-state index in [9.17, 15) is 0 Å². The molecule has 0 amide bonds. The Hall–Kier alpha value is -1.55. The van der Waals surface area contributed by atoms with Crippen LogP contribution in [-0.2, 0) is 0 Å². The molecule has 0 saturated carbocycles. The van der Waals surface area contributed by atoms with E-state index < -0.39 is 0 Å². The molecule has 4 heteroatoms. The van der Waals surface area contributed by atoms with Crippen molar-refractivity contribution >= 4 is 17.0 Å². The fourth-order valence-corrected chi connectivity index (χ4v) is 1.90. The summed E-state index contributed by atoms with van der Waals surface area (Å²) in [5.74, 6) is 0.896. The second kappa shape index (κ2) is 4.37. The van der Waals surface area contributed by atoms with Crippen LogP contribution < -0.4 is 10.6 Å². The van der Waals surface area contributed by atoms with Crippen LogP contribution in [0.5, 0.6) is 0 Å². The lowest BCUT2D eigenvalue weighted by Gasteiger charge is -2.28. The second-order valence-corrected chi connectivity index (χ2v) is 5.30. The van der Waals surface area contributed by atoms with Crippen molar-refractivity contribution in [2.24, 2.45) is 11.1 Å². The number of hydrogen-bond acceptors (Lipinski definition) is 3. The first-order valence-corrected chi connectivity index (χ1v) is 5.88. The largest absolute Gasteiger partial charge is 0.345 e. The van der Waals surface area contributed by atoms with Crippen molar-refractivity contribution in [1.29, 1.82) is 0 Å². The summed E-state index contributed by atoms with van der Waals surface area (Å²) in [4.78, 5) is 9.99. The average Bonchev–Trinajstić information content (AvgIpc) is 2.72. The van der Waals surface area contributed by atoms with Gasteiger partial charge in [-0.25, -0.2) is 4.98 Å². The van der Waals surface area contributed by atoms with Crippen molar-refractivity contribution in [3.05, 3.63) is 24.3 Å². The molecule has 92 valence electrons. The maximum absolute atomic E-state index is 5.75. The summed E-state index contributed by atoms with van der Waals surface area (Å²) in [6, 6.07) is 8.05. The number of nitrogens with two attached hydrogens (primary N) is 1. The van der Waals surface area contributed by atoms with E-state index in [2.05, 4.69) is 28.7 Å². The first kappa shape index (κ1) is 11.9. The van der Waals surface area contributed by atoms with E-state index in [0.717, 1.165) is 23.5 Å². The van der Waals surface area contributed by atoms with E-state index in [1.807, 2.05) is 31.3 Å². The monoisotopic (exact) mass is 232 g/mol. The average molecular weight is 232 g/mol. The number of rotatable bonds is 4. The molecule has 0 bridgehead atoms. The highest BCUT2D eigenvalue weighted by Gasteiger charge is 2.19. The zero-order chi connectivity index (χ0) is 12.5. The highest BCUT2D eigenvalue weighted by Crippen LogP contribution is 2.20. The van der Waals surface area contributed by atoms with Crippen LogP contribution >= 0.6 is 0 Å². The van der Waals surface area contributed by atoms with Crippen molar-refractivity contribution in [2.75, 3.05) is 25.0 Å². The van der Waals surface area contributed by atoms with Crippen molar-refractivity contribution in [3.63, 3.8) is 0 Å². The molecular weight excluding hydrogens is 212 g/mol. The van der Waals surface area contributed by atoms with E-state index in [1.165, 1.54) is 0 Å². The number of nitrogens with one attached hydrogen (secondary N) is 1.